The van der Waals surface area contributed by atoms with Crippen molar-refractivity contribution in [2.75, 3.05) is 11.4 Å². The van der Waals surface area contributed by atoms with Crippen LogP contribution in [0.5, 0.6) is 0 Å². The summed E-state index contributed by atoms with van der Waals surface area (Å²) in [4.78, 5) is 30.6. The minimum atomic E-state index is -0.684. The van der Waals surface area contributed by atoms with Crippen molar-refractivity contribution < 1.29 is 18.8 Å². The molecule has 4 rings (SSSR count). The number of ether oxygens (including phenoxy) is 1. The first-order chi connectivity index (χ1) is 14.1. The molecule has 7 heteroatoms. The van der Waals surface area contributed by atoms with E-state index in [1.165, 1.54) is 0 Å². The summed E-state index contributed by atoms with van der Waals surface area (Å²) in [5.74, 6) is 0.297. The number of benzene rings is 2. The second-order valence-electron chi connectivity index (χ2n) is 6.92. The molecule has 1 amide bonds. The molecule has 0 radical (unpaired) electrons. The Hall–Kier alpha value is -3.48. The summed E-state index contributed by atoms with van der Waals surface area (Å²) in [7, 11) is 0. The van der Waals surface area contributed by atoms with Gasteiger partial charge in [-0.2, -0.15) is 4.98 Å². The number of carbonyl (C=O) groups is 2. The quantitative estimate of drug-likeness (QED) is 0.607. The van der Waals surface area contributed by atoms with Gasteiger partial charge in [-0.05, 0) is 44.0 Å². The molecule has 0 saturated carbocycles. The predicted molar refractivity (Wildman–Crippen MR) is 106 cm³/mol. The minimum absolute atomic E-state index is 0.116. The standard InChI is InChI=1S/C22H21N3O4/c1-15(21-23-20(24-29-21)16-7-3-2-4-8-16)28-22(27)17-10-12-18(13-11-17)25-14-6-5-9-19(25)26/h2-4,7-8,10-13,15H,5-6,9,14H2,1H3/t15-/m0/s1. The average Bonchev–Trinajstić information content (AvgIpc) is 3.25. The number of rotatable bonds is 5. The van der Waals surface area contributed by atoms with E-state index >= 15 is 0 Å². The molecular weight excluding hydrogens is 370 g/mol. The maximum atomic E-state index is 12.5. The van der Waals surface area contributed by atoms with Gasteiger partial charge in [0.2, 0.25) is 11.7 Å². The Morgan fingerprint density at radius 2 is 1.86 bits per heavy atom. The number of carbonyl (C=O) groups excluding carboxylic acids is 2. The van der Waals surface area contributed by atoms with E-state index in [0.717, 1.165) is 24.1 Å². The fourth-order valence-corrected chi connectivity index (χ4v) is 3.24. The smallest absolute Gasteiger partial charge is 0.338 e. The molecule has 0 bridgehead atoms. The highest BCUT2D eigenvalue weighted by Gasteiger charge is 2.22. The van der Waals surface area contributed by atoms with Crippen LogP contribution in [0.15, 0.2) is 59.1 Å². The minimum Gasteiger partial charge on any atom is -0.449 e. The highest BCUT2D eigenvalue weighted by molar-refractivity contribution is 5.95. The fourth-order valence-electron chi connectivity index (χ4n) is 3.24. The van der Waals surface area contributed by atoms with Crippen molar-refractivity contribution in [3.8, 4) is 11.4 Å². The van der Waals surface area contributed by atoms with Crippen molar-refractivity contribution >= 4 is 17.6 Å². The van der Waals surface area contributed by atoms with Crippen molar-refractivity contribution in [3.05, 3.63) is 66.1 Å². The summed E-state index contributed by atoms with van der Waals surface area (Å²) in [6.07, 6.45) is 1.80. The van der Waals surface area contributed by atoms with Gasteiger partial charge >= 0.3 is 5.97 Å². The second-order valence-corrected chi connectivity index (χ2v) is 6.92. The van der Waals surface area contributed by atoms with E-state index in [1.807, 2.05) is 30.3 Å². The summed E-state index contributed by atoms with van der Waals surface area (Å²) < 4.78 is 10.7. The molecule has 3 aromatic rings. The first-order valence-electron chi connectivity index (χ1n) is 9.62. The molecule has 1 atom stereocenters. The van der Waals surface area contributed by atoms with Crippen LogP contribution >= 0.6 is 0 Å². The van der Waals surface area contributed by atoms with Crippen molar-refractivity contribution in [1.29, 1.82) is 0 Å². The van der Waals surface area contributed by atoms with Gasteiger partial charge in [-0.1, -0.05) is 35.5 Å². The Balaban J connectivity index is 1.41. The monoisotopic (exact) mass is 391 g/mol. The van der Waals surface area contributed by atoms with E-state index in [1.54, 1.807) is 36.1 Å². The molecule has 148 valence electrons. The molecule has 0 unspecified atom stereocenters. The van der Waals surface area contributed by atoms with Gasteiger partial charge < -0.3 is 14.2 Å². The lowest BCUT2D eigenvalue weighted by Gasteiger charge is -2.26. The van der Waals surface area contributed by atoms with E-state index < -0.39 is 12.1 Å². The number of amides is 1. The van der Waals surface area contributed by atoms with E-state index in [9.17, 15) is 9.59 Å². The molecular formula is C22H21N3O4. The predicted octanol–water partition coefficient (Wildman–Crippen LogP) is 4.17. The van der Waals surface area contributed by atoms with E-state index in [0.29, 0.717) is 24.4 Å². The van der Waals surface area contributed by atoms with Crippen LogP contribution in [-0.2, 0) is 9.53 Å². The molecule has 1 fully saturated rings. The Morgan fingerprint density at radius 3 is 2.59 bits per heavy atom. The van der Waals surface area contributed by atoms with Crippen molar-refractivity contribution in [2.24, 2.45) is 0 Å². The lowest BCUT2D eigenvalue weighted by atomic mass is 10.1. The van der Waals surface area contributed by atoms with Crippen molar-refractivity contribution in [2.45, 2.75) is 32.3 Å². The third-order valence-corrected chi connectivity index (χ3v) is 4.84. The molecule has 1 aromatic heterocycles. The molecule has 0 N–H and O–H groups in total. The fraction of sp³-hybridized carbons (Fsp3) is 0.273. The van der Waals surface area contributed by atoms with Gasteiger partial charge in [0.15, 0.2) is 6.10 Å². The number of piperidine rings is 1. The summed E-state index contributed by atoms with van der Waals surface area (Å²) in [6, 6.07) is 16.3. The summed E-state index contributed by atoms with van der Waals surface area (Å²) >= 11 is 0. The normalized spacial score (nSPS) is 15.2. The highest BCUT2D eigenvalue weighted by Crippen LogP contribution is 2.24. The number of anilines is 1. The van der Waals surface area contributed by atoms with Gasteiger partial charge in [0, 0.05) is 24.2 Å². The summed E-state index contributed by atoms with van der Waals surface area (Å²) in [5, 5.41) is 3.94. The van der Waals surface area contributed by atoms with Gasteiger partial charge in [0.25, 0.3) is 5.89 Å². The van der Waals surface area contributed by atoms with Crippen LogP contribution in [0.3, 0.4) is 0 Å². The van der Waals surface area contributed by atoms with E-state index in [-0.39, 0.29) is 11.8 Å². The molecule has 1 aliphatic rings. The van der Waals surface area contributed by atoms with Crippen LogP contribution in [0.2, 0.25) is 0 Å². The zero-order valence-corrected chi connectivity index (χ0v) is 16.1. The molecule has 29 heavy (non-hydrogen) atoms. The lowest BCUT2D eigenvalue weighted by molar-refractivity contribution is -0.119. The van der Waals surface area contributed by atoms with Crippen molar-refractivity contribution in [1.82, 2.24) is 10.1 Å². The molecule has 1 aliphatic heterocycles. The molecule has 7 nitrogen and oxygen atoms in total. The number of hydrogen-bond donors (Lipinski definition) is 0. The molecule has 2 heterocycles. The third-order valence-electron chi connectivity index (χ3n) is 4.84. The largest absolute Gasteiger partial charge is 0.449 e. The maximum Gasteiger partial charge on any atom is 0.338 e. The number of aromatic nitrogens is 2. The Bertz CT molecular complexity index is 998. The number of esters is 1. The molecule has 1 saturated heterocycles. The first kappa shape index (κ1) is 18.9. The topological polar surface area (TPSA) is 85.5 Å². The Kier molecular flexibility index (Phi) is 5.37. The van der Waals surface area contributed by atoms with Crippen LogP contribution in [0.25, 0.3) is 11.4 Å². The van der Waals surface area contributed by atoms with Gasteiger partial charge in [-0.25, -0.2) is 4.79 Å². The summed E-state index contributed by atoms with van der Waals surface area (Å²) in [6.45, 7) is 2.39. The molecule has 2 aromatic carbocycles. The van der Waals surface area contributed by atoms with Crippen LogP contribution in [0.1, 0.15) is 48.5 Å². The van der Waals surface area contributed by atoms with E-state index in [4.69, 9.17) is 9.26 Å². The van der Waals surface area contributed by atoms with Crippen LogP contribution in [0, 0.1) is 0 Å². The SMILES string of the molecule is C[C@H](OC(=O)c1ccc(N2CCCCC2=O)cc1)c1nc(-c2ccccc2)no1. The maximum absolute atomic E-state index is 12.5. The van der Waals surface area contributed by atoms with Crippen LogP contribution in [-0.4, -0.2) is 28.6 Å². The third kappa shape index (κ3) is 4.18. The number of nitrogens with zero attached hydrogens (tertiary/aromatic N) is 3. The average molecular weight is 391 g/mol. The molecule has 0 spiro atoms. The Morgan fingerprint density at radius 1 is 1.10 bits per heavy atom. The summed E-state index contributed by atoms with van der Waals surface area (Å²) in [5.41, 5.74) is 2.01. The second kappa shape index (κ2) is 8.26. The van der Waals surface area contributed by atoms with Gasteiger partial charge in [-0.15, -0.1) is 0 Å². The van der Waals surface area contributed by atoms with Gasteiger partial charge in [0.05, 0.1) is 5.56 Å². The molecule has 0 aliphatic carbocycles. The van der Waals surface area contributed by atoms with Gasteiger partial charge in [0.1, 0.15) is 0 Å². The van der Waals surface area contributed by atoms with Crippen LogP contribution < -0.4 is 4.90 Å². The number of hydrogen-bond acceptors (Lipinski definition) is 6. The zero-order chi connectivity index (χ0) is 20.2. The van der Waals surface area contributed by atoms with E-state index in [2.05, 4.69) is 10.1 Å². The van der Waals surface area contributed by atoms with Crippen molar-refractivity contribution in [3.63, 3.8) is 0 Å². The van der Waals surface area contributed by atoms with Gasteiger partial charge in [-0.3, -0.25) is 4.79 Å². The zero-order valence-electron chi connectivity index (χ0n) is 16.1. The highest BCUT2D eigenvalue weighted by atomic mass is 16.6. The lowest BCUT2D eigenvalue weighted by Crippen LogP contribution is -2.35. The van der Waals surface area contributed by atoms with Crippen LogP contribution in [0.4, 0.5) is 5.69 Å². The first-order valence-corrected chi connectivity index (χ1v) is 9.62. The Labute approximate surface area is 168 Å².